The van der Waals surface area contributed by atoms with Gasteiger partial charge in [-0.15, -0.1) is 0 Å². The second kappa shape index (κ2) is 6.14. The Morgan fingerprint density at radius 2 is 1.71 bits per heavy atom. The minimum Gasteiger partial charge on any atom is -0.393 e. The van der Waals surface area contributed by atoms with Gasteiger partial charge in [-0.2, -0.15) is 0 Å². The molecule has 4 N–H and O–H groups in total. The van der Waals surface area contributed by atoms with E-state index >= 15 is 0 Å². The second-order valence-electron chi connectivity index (χ2n) is 5.62. The Balaban J connectivity index is 1.91. The van der Waals surface area contributed by atoms with Crippen LogP contribution in [0.4, 0.5) is 0 Å². The van der Waals surface area contributed by atoms with E-state index in [9.17, 15) is 10.2 Å². The quantitative estimate of drug-likeness (QED) is 0.578. The first kappa shape index (κ1) is 13.3. The van der Waals surface area contributed by atoms with Crippen LogP contribution in [0.3, 0.4) is 0 Å². The van der Waals surface area contributed by atoms with Gasteiger partial charge in [0.25, 0.3) is 0 Å². The molecule has 0 aromatic heterocycles. The summed E-state index contributed by atoms with van der Waals surface area (Å²) in [6.45, 7) is 0. The van der Waals surface area contributed by atoms with Gasteiger partial charge in [-0.25, -0.2) is 0 Å². The number of hydrogen-bond acceptors (Lipinski definition) is 4. The summed E-state index contributed by atoms with van der Waals surface area (Å²) in [7, 11) is 1.91. The molecule has 0 saturated heterocycles. The van der Waals surface area contributed by atoms with Crippen molar-refractivity contribution >= 4 is 0 Å². The summed E-state index contributed by atoms with van der Waals surface area (Å²) in [6, 6.07) is 0.816. The summed E-state index contributed by atoms with van der Waals surface area (Å²) in [5.74, 6) is 0. The summed E-state index contributed by atoms with van der Waals surface area (Å²) in [5, 5.41) is 26.6. The molecule has 0 aromatic rings. The lowest BCUT2D eigenvalue weighted by Crippen LogP contribution is -2.60. The molecule has 0 radical (unpaired) electrons. The van der Waals surface area contributed by atoms with Crippen molar-refractivity contribution in [2.45, 2.75) is 75.3 Å². The molecule has 4 heteroatoms. The van der Waals surface area contributed by atoms with E-state index in [0.717, 1.165) is 6.42 Å². The highest BCUT2D eigenvalue weighted by Crippen LogP contribution is 2.23. The molecule has 0 aliphatic heterocycles. The molecule has 0 heterocycles. The molecule has 0 spiro atoms. The maximum Gasteiger partial charge on any atom is 0.0733 e. The molecule has 2 fully saturated rings. The molecule has 2 aliphatic carbocycles. The molecule has 2 aliphatic rings. The minimum atomic E-state index is -0.432. The molecule has 0 amide bonds. The van der Waals surface area contributed by atoms with Crippen molar-refractivity contribution in [3.63, 3.8) is 0 Å². The van der Waals surface area contributed by atoms with Crippen molar-refractivity contribution in [1.29, 1.82) is 0 Å². The first-order valence-corrected chi connectivity index (χ1v) is 7.00. The van der Waals surface area contributed by atoms with Crippen molar-refractivity contribution in [3.8, 4) is 0 Å². The highest BCUT2D eigenvalue weighted by Gasteiger charge is 2.36. The zero-order valence-corrected chi connectivity index (χ0v) is 10.7. The Morgan fingerprint density at radius 1 is 1.00 bits per heavy atom. The van der Waals surface area contributed by atoms with E-state index in [2.05, 4.69) is 10.6 Å². The monoisotopic (exact) mass is 242 g/mol. The van der Waals surface area contributed by atoms with Crippen molar-refractivity contribution in [1.82, 2.24) is 10.6 Å². The minimum absolute atomic E-state index is 0.0894. The lowest BCUT2D eigenvalue weighted by atomic mass is 9.84. The van der Waals surface area contributed by atoms with Crippen LogP contribution in [0.5, 0.6) is 0 Å². The van der Waals surface area contributed by atoms with E-state index in [1.54, 1.807) is 0 Å². The van der Waals surface area contributed by atoms with Gasteiger partial charge < -0.3 is 20.8 Å². The average molecular weight is 242 g/mol. The molecule has 100 valence electrons. The Bertz CT molecular complexity index is 231. The smallest absolute Gasteiger partial charge is 0.0733 e. The van der Waals surface area contributed by atoms with E-state index < -0.39 is 6.10 Å². The summed E-state index contributed by atoms with van der Waals surface area (Å²) in [5.41, 5.74) is 0. The summed E-state index contributed by atoms with van der Waals surface area (Å²) in [6.07, 6.45) is 6.83. The van der Waals surface area contributed by atoms with Crippen LogP contribution < -0.4 is 10.6 Å². The Morgan fingerprint density at radius 3 is 2.35 bits per heavy atom. The van der Waals surface area contributed by atoms with Gasteiger partial charge in [-0.3, -0.25) is 0 Å². The van der Waals surface area contributed by atoms with Crippen molar-refractivity contribution in [2.24, 2.45) is 0 Å². The van der Waals surface area contributed by atoms with Crippen molar-refractivity contribution in [3.05, 3.63) is 0 Å². The lowest BCUT2D eigenvalue weighted by molar-refractivity contribution is -0.00342. The largest absolute Gasteiger partial charge is 0.393 e. The van der Waals surface area contributed by atoms with Crippen LogP contribution in [0.15, 0.2) is 0 Å². The molecule has 4 atom stereocenters. The van der Waals surface area contributed by atoms with E-state index in [4.69, 9.17) is 0 Å². The van der Waals surface area contributed by atoms with Gasteiger partial charge in [-0.1, -0.05) is 19.3 Å². The van der Waals surface area contributed by atoms with Gasteiger partial charge in [-0.05, 0) is 26.3 Å². The standard InChI is InChI=1S/C13H26N2O2/c1-14-11-7-10(16)8-12(17)13(11)15-9-5-3-2-4-6-9/h9-17H,2-8H2,1H3. The third-order valence-corrected chi connectivity index (χ3v) is 4.29. The number of aliphatic hydroxyl groups is 2. The predicted octanol–water partition coefficient (Wildman–Crippen LogP) is 0.381. The molecule has 2 saturated carbocycles. The third kappa shape index (κ3) is 3.41. The lowest BCUT2D eigenvalue weighted by Gasteiger charge is -2.41. The SMILES string of the molecule is CNC1CC(O)CC(O)C1NC1CCCCC1. The van der Waals surface area contributed by atoms with Gasteiger partial charge in [0.05, 0.1) is 12.2 Å². The fraction of sp³-hybridized carbons (Fsp3) is 1.00. The zero-order chi connectivity index (χ0) is 12.3. The first-order chi connectivity index (χ1) is 8.20. The number of likely N-dealkylation sites (N-methyl/N-ethyl adjacent to an activating group) is 1. The summed E-state index contributed by atoms with van der Waals surface area (Å²) in [4.78, 5) is 0. The van der Waals surface area contributed by atoms with Gasteiger partial charge in [0, 0.05) is 24.5 Å². The second-order valence-corrected chi connectivity index (χ2v) is 5.62. The van der Waals surface area contributed by atoms with Crippen LogP contribution in [0, 0.1) is 0 Å². The van der Waals surface area contributed by atoms with Crippen molar-refractivity contribution in [2.75, 3.05) is 7.05 Å². The maximum absolute atomic E-state index is 10.1. The van der Waals surface area contributed by atoms with Crippen LogP contribution in [-0.4, -0.2) is 47.6 Å². The number of nitrogens with one attached hydrogen (secondary N) is 2. The van der Waals surface area contributed by atoms with Crippen LogP contribution in [0.25, 0.3) is 0 Å². The van der Waals surface area contributed by atoms with Gasteiger partial charge in [0.15, 0.2) is 0 Å². The fourth-order valence-electron chi connectivity index (χ4n) is 3.30. The highest BCUT2D eigenvalue weighted by molar-refractivity contribution is 4.96. The molecule has 4 nitrogen and oxygen atoms in total. The van der Waals surface area contributed by atoms with E-state index in [1.807, 2.05) is 7.05 Å². The molecule has 0 bridgehead atoms. The summed E-state index contributed by atoms with van der Waals surface area (Å²) >= 11 is 0. The molecular formula is C13H26N2O2. The predicted molar refractivity (Wildman–Crippen MR) is 67.9 cm³/mol. The molecule has 0 aromatic carbocycles. The van der Waals surface area contributed by atoms with Crippen LogP contribution in [0.1, 0.15) is 44.9 Å². The van der Waals surface area contributed by atoms with Crippen LogP contribution in [0.2, 0.25) is 0 Å². The fourth-order valence-corrected chi connectivity index (χ4v) is 3.30. The number of aliphatic hydroxyl groups excluding tert-OH is 2. The van der Waals surface area contributed by atoms with E-state index in [1.165, 1.54) is 32.1 Å². The third-order valence-electron chi connectivity index (χ3n) is 4.29. The Kier molecular flexibility index (Phi) is 4.79. The van der Waals surface area contributed by atoms with Gasteiger partial charge in [0.1, 0.15) is 0 Å². The van der Waals surface area contributed by atoms with Crippen LogP contribution >= 0.6 is 0 Å². The normalized spacial score (nSPS) is 40.4. The first-order valence-electron chi connectivity index (χ1n) is 7.00. The van der Waals surface area contributed by atoms with E-state index in [0.29, 0.717) is 12.5 Å². The maximum atomic E-state index is 10.1. The molecular weight excluding hydrogens is 216 g/mol. The molecule has 4 unspecified atom stereocenters. The Hall–Kier alpha value is -0.160. The van der Waals surface area contributed by atoms with E-state index in [-0.39, 0.29) is 18.2 Å². The highest BCUT2D eigenvalue weighted by atomic mass is 16.3. The number of hydrogen-bond donors (Lipinski definition) is 4. The van der Waals surface area contributed by atoms with Crippen molar-refractivity contribution < 1.29 is 10.2 Å². The topological polar surface area (TPSA) is 64.5 Å². The van der Waals surface area contributed by atoms with Crippen LogP contribution in [-0.2, 0) is 0 Å². The average Bonchev–Trinajstić information content (AvgIpc) is 2.33. The van der Waals surface area contributed by atoms with Gasteiger partial charge in [0.2, 0.25) is 0 Å². The zero-order valence-electron chi connectivity index (χ0n) is 10.7. The molecule has 2 rings (SSSR count). The summed E-state index contributed by atoms with van der Waals surface area (Å²) < 4.78 is 0. The Labute approximate surface area is 104 Å². The van der Waals surface area contributed by atoms with Gasteiger partial charge >= 0.3 is 0 Å². The number of rotatable bonds is 3. The molecule has 17 heavy (non-hydrogen) atoms.